The van der Waals surface area contributed by atoms with Crippen LogP contribution >= 0.6 is 11.3 Å². The molecule has 0 aliphatic heterocycles. The maximum absolute atomic E-state index is 4.07. The molecule has 1 N–H and O–H groups in total. The first-order valence-corrected chi connectivity index (χ1v) is 6.91. The first kappa shape index (κ1) is 11.1. The fourth-order valence-corrected chi connectivity index (χ4v) is 2.89. The Labute approximate surface area is 96.1 Å². The molecule has 15 heavy (non-hydrogen) atoms. The van der Waals surface area contributed by atoms with Crippen molar-refractivity contribution >= 4 is 11.3 Å². The Bertz CT molecular complexity index is 253. The van der Waals surface area contributed by atoms with Crippen LogP contribution in [-0.4, -0.2) is 11.5 Å². The van der Waals surface area contributed by atoms with Crippen LogP contribution in [0, 0.1) is 5.92 Å². The van der Waals surface area contributed by atoms with Crippen molar-refractivity contribution in [3.63, 3.8) is 0 Å². The second-order valence-corrected chi connectivity index (χ2v) is 5.41. The van der Waals surface area contributed by atoms with Crippen LogP contribution in [0.3, 0.4) is 0 Å². The minimum atomic E-state index is 0.993. The van der Waals surface area contributed by atoms with E-state index in [1.54, 1.807) is 11.3 Å². The summed E-state index contributed by atoms with van der Waals surface area (Å²) in [5.74, 6) is 0.993. The van der Waals surface area contributed by atoms with Gasteiger partial charge in [0.1, 0.15) is 0 Å². The van der Waals surface area contributed by atoms with Crippen LogP contribution in [0.15, 0.2) is 11.7 Å². The molecule has 0 amide bonds. The van der Waals surface area contributed by atoms with Gasteiger partial charge in [0.15, 0.2) is 0 Å². The predicted molar refractivity (Wildman–Crippen MR) is 65.0 cm³/mol. The van der Waals surface area contributed by atoms with E-state index in [2.05, 4.69) is 10.3 Å². The number of nitrogens with zero attached hydrogens (tertiary/aromatic N) is 1. The van der Waals surface area contributed by atoms with Crippen LogP contribution in [0.25, 0.3) is 0 Å². The quantitative estimate of drug-likeness (QED) is 0.777. The molecule has 2 rings (SSSR count). The van der Waals surface area contributed by atoms with E-state index in [0.717, 1.165) is 12.5 Å². The molecule has 3 heteroatoms. The van der Waals surface area contributed by atoms with Crippen molar-refractivity contribution in [2.45, 2.75) is 45.1 Å². The Kier molecular flexibility index (Phi) is 4.61. The van der Waals surface area contributed by atoms with Crippen molar-refractivity contribution in [1.82, 2.24) is 10.3 Å². The summed E-state index contributed by atoms with van der Waals surface area (Å²) >= 11 is 1.74. The maximum Gasteiger partial charge on any atom is 0.0794 e. The molecular formula is C12H20N2S. The number of thiazole rings is 1. The molecule has 0 radical (unpaired) electrons. The van der Waals surface area contributed by atoms with Crippen LogP contribution < -0.4 is 5.32 Å². The lowest BCUT2D eigenvalue weighted by molar-refractivity contribution is 0.334. The Balaban J connectivity index is 1.54. The number of rotatable bonds is 5. The van der Waals surface area contributed by atoms with E-state index in [0.29, 0.717) is 0 Å². The van der Waals surface area contributed by atoms with E-state index in [1.165, 1.54) is 49.9 Å². The zero-order chi connectivity index (χ0) is 10.3. The zero-order valence-corrected chi connectivity index (χ0v) is 10.1. The molecule has 84 valence electrons. The van der Waals surface area contributed by atoms with Gasteiger partial charge in [-0.25, -0.2) is 0 Å². The van der Waals surface area contributed by atoms with E-state index in [4.69, 9.17) is 0 Å². The third-order valence-electron chi connectivity index (χ3n) is 3.24. The smallest absolute Gasteiger partial charge is 0.0794 e. The van der Waals surface area contributed by atoms with Crippen LogP contribution in [0.4, 0.5) is 0 Å². The topological polar surface area (TPSA) is 24.9 Å². The van der Waals surface area contributed by atoms with Gasteiger partial charge < -0.3 is 5.32 Å². The van der Waals surface area contributed by atoms with Crippen LogP contribution in [-0.2, 0) is 6.54 Å². The number of hydrogen-bond acceptors (Lipinski definition) is 3. The highest BCUT2D eigenvalue weighted by molar-refractivity contribution is 7.09. The summed E-state index contributed by atoms with van der Waals surface area (Å²) in [5, 5.41) is 3.51. The fourth-order valence-electron chi connectivity index (χ4n) is 2.32. The molecular weight excluding hydrogens is 204 g/mol. The van der Waals surface area contributed by atoms with Crippen molar-refractivity contribution < 1.29 is 0 Å². The van der Waals surface area contributed by atoms with Gasteiger partial charge in [0.25, 0.3) is 0 Å². The molecule has 1 saturated carbocycles. The van der Waals surface area contributed by atoms with Gasteiger partial charge in [-0.15, -0.1) is 11.3 Å². The summed E-state index contributed by atoms with van der Waals surface area (Å²) in [4.78, 5) is 5.42. The summed E-state index contributed by atoms with van der Waals surface area (Å²) < 4.78 is 0. The predicted octanol–water partition coefficient (Wildman–Crippen LogP) is 3.20. The molecule has 1 aliphatic carbocycles. The molecule has 0 aromatic carbocycles. The van der Waals surface area contributed by atoms with Gasteiger partial charge in [-0.05, 0) is 18.9 Å². The Morgan fingerprint density at radius 1 is 1.33 bits per heavy atom. The van der Waals surface area contributed by atoms with Crippen molar-refractivity contribution in [2.24, 2.45) is 5.92 Å². The number of aromatic nitrogens is 1. The maximum atomic E-state index is 4.07. The van der Waals surface area contributed by atoms with E-state index in [-0.39, 0.29) is 0 Å². The number of nitrogens with one attached hydrogen (secondary N) is 1. The van der Waals surface area contributed by atoms with Gasteiger partial charge in [0.2, 0.25) is 0 Å². The minimum Gasteiger partial charge on any atom is -0.312 e. The van der Waals surface area contributed by atoms with Crippen molar-refractivity contribution in [1.29, 1.82) is 0 Å². The van der Waals surface area contributed by atoms with Crippen molar-refractivity contribution in [3.8, 4) is 0 Å². The Morgan fingerprint density at radius 2 is 2.20 bits per heavy atom. The number of hydrogen-bond donors (Lipinski definition) is 1. The molecule has 0 atom stereocenters. The summed E-state index contributed by atoms with van der Waals surface area (Å²) in [6, 6.07) is 0. The molecule has 0 bridgehead atoms. The highest BCUT2D eigenvalue weighted by atomic mass is 32.1. The average Bonchev–Trinajstić information content (AvgIpc) is 2.79. The summed E-state index contributed by atoms with van der Waals surface area (Å²) in [5.41, 5.74) is 1.90. The van der Waals surface area contributed by atoms with Gasteiger partial charge in [-0.1, -0.05) is 32.1 Å². The lowest BCUT2D eigenvalue weighted by Crippen LogP contribution is -2.18. The summed E-state index contributed by atoms with van der Waals surface area (Å²) in [7, 11) is 0. The highest BCUT2D eigenvalue weighted by Crippen LogP contribution is 2.25. The highest BCUT2D eigenvalue weighted by Gasteiger charge is 2.12. The van der Waals surface area contributed by atoms with Crippen LogP contribution in [0.5, 0.6) is 0 Å². The van der Waals surface area contributed by atoms with E-state index in [9.17, 15) is 0 Å². The molecule has 1 heterocycles. The van der Waals surface area contributed by atoms with Gasteiger partial charge in [-0.2, -0.15) is 0 Å². The average molecular weight is 224 g/mol. The summed E-state index contributed by atoms with van der Waals surface area (Å²) in [6.45, 7) is 2.17. The largest absolute Gasteiger partial charge is 0.312 e. The Morgan fingerprint density at radius 3 is 2.93 bits per heavy atom. The molecule has 1 fully saturated rings. The van der Waals surface area contributed by atoms with E-state index >= 15 is 0 Å². The third-order valence-corrected chi connectivity index (χ3v) is 4.02. The second-order valence-electron chi connectivity index (χ2n) is 4.44. The SMILES string of the molecule is c1ncc(CNCCC2CCCCC2)s1. The molecule has 1 aliphatic rings. The molecule has 1 aromatic heterocycles. The Hall–Kier alpha value is -0.410. The van der Waals surface area contributed by atoms with Crippen LogP contribution in [0.1, 0.15) is 43.4 Å². The lowest BCUT2D eigenvalue weighted by Gasteiger charge is -2.21. The minimum absolute atomic E-state index is 0.993. The molecule has 0 saturated heterocycles. The van der Waals surface area contributed by atoms with Crippen molar-refractivity contribution in [2.75, 3.05) is 6.54 Å². The van der Waals surface area contributed by atoms with E-state index < -0.39 is 0 Å². The van der Waals surface area contributed by atoms with Crippen molar-refractivity contribution in [3.05, 3.63) is 16.6 Å². The monoisotopic (exact) mass is 224 g/mol. The van der Waals surface area contributed by atoms with Gasteiger partial charge in [-0.3, -0.25) is 4.98 Å². The van der Waals surface area contributed by atoms with Crippen LogP contribution in [0.2, 0.25) is 0 Å². The van der Waals surface area contributed by atoms with E-state index in [1.807, 2.05) is 11.7 Å². The molecule has 2 nitrogen and oxygen atoms in total. The van der Waals surface area contributed by atoms with Gasteiger partial charge >= 0.3 is 0 Å². The molecule has 1 aromatic rings. The first-order valence-electron chi connectivity index (χ1n) is 6.03. The lowest BCUT2D eigenvalue weighted by atomic mass is 9.87. The molecule has 0 spiro atoms. The fraction of sp³-hybridized carbons (Fsp3) is 0.750. The normalized spacial score (nSPS) is 18.1. The third kappa shape index (κ3) is 3.92. The molecule has 0 unspecified atom stereocenters. The first-order chi connectivity index (χ1) is 7.45. The second kappa shape index (κ2) is 6.23. The van der Waals surface area contributed by atoms with Gasteiger partial charge in [0, 0.05) is 17.6 Å². The standard InChI is InChI=1S/C12H20N2S/c1-2-4-11(5-3-1)6-7-13-8-12-9-14-10-15-12/h9-11,13H,1-8H2. The summed E-state index contributed by atoms with van der Waals surface area (Å²) in [6.07, 6.45) is 10.6. The zero-order valence-electron chi connectivity index (χ0n) is 9.24. The van der Waals surface area contributed by atoms with Gasteiger partial charge in [0.05, 0.1) is 5.51 Å².